The summed E-state index contributed by atoms with van der Waals surface area (Å²) >= 11 is 1.52. The van der Waals surface area contributed by atoms with Crippen LogP contribution in [0, 0.1) is 5.92 Å². The van der Waals surface area contributed by atoms with Gasteiger partial charge in [-0.3, -0.25) is 14.4 Å². The van der Waals surface area contributed by atoms with E-state index in [1.165, 1.54) is 11.8 Å². The predicted molar refractivity (Wildman–Crippen MR) is 113 cm³/mol. The Morgan fingerprint density at radius 1 is 1.14 bits per heavy atom. The number of aliphatic carboxylic acids is 1. The Bertz CT molecular complexity index is 583. The number of rotatable bonds is 12. The van der Waals surface area contributed by atoms with Gasteiger partial charge < -0.3 is 26.4 Å². The molecule has 0 spiro atoms. The summed E-state index contributed by atoms with van der Waals surface area (Å²) in [6.07, 6.45) is 4.48. The second-order valence-corrected chi connectivity index (χ2v) is 8.42. The van der Waals surface area contributed by atoms with Gasteiger partial charge in [-0.2, -0.15) is 11.8 Å². The number of amides is 3. The second kappa shape index (κ2) is 12.7. The van der Waals surface area contributed by atoms with Crippen molar-refractivity contribution >= 4 is 35.5 Å². The van der Waals surface area contributed by atoms with Crippen molar-refractivity contribution in [1.29, 1.82) is 0 Å². The first-order chi connectivity index (χ1) is 13.7. The van der Waals surface area contributed by atoms with Gasteiger partial charge in [0.05, 0.1) is 6.04 Å². The van der Waals surface area contributed by atoms with Gasteiger partial charge in [0.1, 0.15) is 18.1 Å². The first-order valence-corrected chi connectivity index (χ1v) is 11.5. The number of thioether (sulfide) groups is 1. The number of carboxylic acids is 1. The van der Waals surface area contributed by atoms with Crippen LogP contribution >= 0.6 is 11.8 Å². The van der Waals surface area contributed by atoms with Crippen LogP contribution in [-0.2, 0) is 19.2 Å². The van der Waals surface area contributed by atoms with Crippen LogP contribution in [0.1, 0.15) is 46.5 Å². The number of hydrogen-bond acceptors (Lipinski definition) is 6. The molecule has 5 N–H and O–H groups in total. The topological polar surface area (TPSA) is 137 Å². The molecule has 9 nitrogen and oxygen atoms in total. The molecule has 0 radical (unpaired) electrons. The van der Waals surface area contributed by atoms with E-state index in [1.54, 1.807) is 13.8 Å². The highest BCUT2D eigenvalue weighted by Gasteiger charge is 2.31. The van der Waals surface area contributed by atoms with E-state index in [0.29, 0.717) is 18.6 Å². The maximum Gasteiger partial charge on any atom is 0.326 e. The third-order valence-electron chi connectivity index (χ3n) is 5.15. The zero-order valence-electron chi connectivity index (χ0n) is 17.6. The Morgan fingerprint density at radius 3 is 2.34 bits per heavy atom. The molecular formula is C19H34N4O5S. The third-order valence-corrected chi connectivity index (χ3v) is 5.79. The van der Waals surface area contributed by atoms with Gasteiger partial charge in [-0.05, 0) is 50.7 Å². The molecule has 1 aliphatic heterocycles. The molecule has 0 saturated carbocycles. The molecule has 1 rings (SSSR count). The van der Waals surface area contributed by atoms with Gasteiger partial charge in [-0.25, -0.2) is 4.79 Å². The predicted octanol–water partition coefficient (Wildman–Crippen LogP) is 0.0965. The van der Waals surface area contributed by atoms with E-state index in [2.05, 4.69) is 21.3 Å². The molecular weight excluding hydrogens is 396 g/mol. The maximum absolute atomic E-state index is 12.7. The normalized spacial score (nSPS) is 20.2. The van der Waals surface area contributed by atoms with Crippen LogP contribution in [0.25, 0.3) is 0 Å². The number of nitrogens with one attached hydrogen (secondary N) is 4. The van der Waals surface area contributed by atoms with Crippen molar-refractivity contribution in [3.8, 4) is 0 Å². The average molecular weight is 431 g/mol. The summed E-state index contributed by atoms with van der Waals surface area (Å²) in [5.41, 5.74) is 0. The van der Waals surface area contributed by atoms with Gasteiger partial charge in [0.2, 0.25) is 17.7 Å². The van der Waals surface area contributed by atoms with Gasteiger partial charge >= 0.3 is 5.97 Å². The number of carbonyl (C=O) groups is 4. The lowest BCUT2D eigenvalue weighted by molar-refractivity contribution is -0.143. The highest BCUT2D eigenvalue weighted by molar-refractivity contribution is 7.98. The van der Waals surface area contributed by atoms with Gasteiger partial charge in [0.15, 0.2) is 0 Å². The van der Waals surface area contributed by atoms with Crippen molar-refractivity contribution in [1.82, 2.24) is 21.3 Å². The molecule has 0 bridgehead atoms. The molecule has 0 aromatic rings. The Morgan fingerprint density at radius 2 is 1.83 bits per heavy atom. The smallest absolute Gasteiger partial charge is 0.326 e. The van der Waals surface area contributed by atoms with Crippen molar-refractivity contribution in [2.24, 2.45) is 5.92 Å². The van der Waals surface area contributed by atoms with Crippen LogP contribution < -0.4 is 21.3 Å². The van der Waals surface area contributed by atoms with Crippen LogP contribution in [0.5, 0.6) is 0 Å². The third kappa shape index (κ3) is 8.22. The average Bonchev–Trinajstić information content (AvgIpc) is 3.22. The van der Waals surface area contributed by atoms with Crippen molar-refractivity contribution in [3.05, 3.63) is 0 Å². The minimum absolute atomic E-state index is 0.238. The highest BCUT2D eigenvalue weighted by atomic mass is 32.2. The summed E-state index contributed by atoms with van der Waals surface area (Å²) in [4.78, 5) is 48.9. The molecule has 1 fully saturated rings. The fraction of sp³-hybridized carbons (Fsp3) is 0.789. The van der Waals surface area contributed by atoms with Crippen LogP contribution in [0.2, 0.25) is 0 Å². The van der Waals surface area contributed by atoms with E-state index in [0.717, 1.165) is 19.4 Å². The van der Waals surface area contributed by atoms with Gasteiger partial charge in [-0.15, -0.1) is 0 Å². The number of hydrogen-bond donors (Lipinski definition) is 5. The lowest BCUT2D eigenvalue weighted by atomic mass is 9.98. The molecule has 1 aliphatic rings. The highest BCUT2D eigenvalue weighted by Crippen LogP contribution is 2.10. The molecule has 0 aromatic heterocycles. The molecule has 0 aromatic carbocycles. The van der Waals surface area contributed by atoms with Gasteiger partial charge in [-0.1, -0.05) is 20.3 Å². The Hall–Kier alpha value is -1.81. The lowest BCUT2D eigenvalue weighted by Gasteiger charge is -2.25. The van der Waals surface area contributed by atoms with Crippen molar-refractivity contribution in [2.45, 2.75) is 70.6 Å². The van der Waals surface area contributed by atoms with E-state index in [4.69, 9.17) is 0 Å². The van der Waals surface area contributed by atoms with Crippen LogP contribution in [0.3, 0.4) is 0 Å². The summed E-state index contributed by atoms with van der Waals surface area (Å²) < 4.78 is 0. The van der Waals surface area contributed by atoms with Crippen LogP contribution in [0.4, 0.5) is 0 Å². The van der Waals surface area contributed by atoms with Gasteiger partial charge in [0, 0.05) is 0 Å². The quantitative estimate of drug-likeness (QED) is 0.296. The first kappa shape index (κ1) is 25.2. The Labute approximate surface area is 176 Å². The zero-order chi connectivity index (χ0) is 22.0. The maximum atomic E-state index is 12.7. The molecule has 1 heterocycles. The van der Waals surface area contributed by atoms with E-state index in [-0.39, 0.29) is 17.9 Å². The summed E-state index contributed by atoms with van der Waals surface area (Å²) in [7, 11) is 0. The van der Waals surface area contributed by atoms with E-state index in [1.807, 2.05) is 13.2 Å². The van der Waals surface area contributed by atoms with Crippen molar-refractivity contribution in [3.63, 3.8) is 0 Å². The first-order valence-electron chi connectivity index (χ1n) is 10.1. The largest absolute Gasteiger partial charge is 0.480 e. The SMILES string of the molecule is CCC(C)C(NC(=O)C(CCSC)NC(=O)C(C)NC(=O)C1CCCN1)C(=O)O. The van der Waals surface area contributed by atoms with Gasteiger partial charge in [0.25, 0.3) is 0 Å². The minimum Gasteiger partial charge on any atom is -0.480 e. The monoisotopic (exact) mass is 430 g/mol. The summed E-state index contributed by atoms with van der Waals surface area (Å²) in [6.45, 7) is 5.94. The molecule has 1 saturated heterocycles. The molecule has 29 heavy (non-hydrogen) atoms. The fourth-order valence-electron chi connectivity index (χ4n) is 3.03. The van der Waals surface area contributed by atoms with E-state index in [9.17, 15) is 24.3 Å². The van der Waals surface area contributed by atoms with Crippen LogP contribution in [-0.4, -0.2) is 71.5 Å². The molecule has 10 heteroatoms. The van der Waals surface area contributed by atoms with E-state index < -0.39 is 35.9 Å². The second-order valence-electron chi connectivity index (χ2n) is 7.43. The summed E-state index contributed by atoms with van der Waals surface area (Å²) in [5, 5.41) is 20.3. The molecule has 5 atom stereocenters. The molecule has 0 aliphatic carbocycles. The summed E-state index contributed by atoms with van der Waals surface area (Å²) in [6, 6.07) is -3.00. The fourth-order valence-corrected chi connectivity index (χ4v) is 3.50. The molecule has 5 unspecified atom stereocenters. The molecule has 3 amide bonds. The standard InChI is InChI=1S/C19H34N4O5S/c1-5-11(2)15(19(27)28)23-18(26)14(8-10-29-4)22-16(24)12(3)21-17(25)13-7-6-9-20-13/h11-15,20H,5-10H2,1-4H3,(H,21,25)(H,22,24)(H,23,26)(H,27,28). The lowest BCUT2D eigenvalue weighted by Crippen LogP contribution is -2.57. The Kier molecular flexibility index (Phi) is 11.0. The zero-order valence-corrected chi connectivity index (χ0v) is 18.4. The minimum atomic E-state index is -1.10. The Balaban J connectivity index is 2.72. The molecule has 166 valence electrons. The van der Waals surface area contributed by atoms with Crippen molar-refractivity contribution < 1.29 is 24.3 Å². The summed E-state index contributed by atoms with van der Waals surface area (Å²) in [5.74, 6) is -1.98. The number of carboxylic acid groups (broad SMARTS) is 1. The number of carbonyl (C=O) groups excluding carboxylic acids is 3. The van der Waals surface area contributed by atoms with Crippen molar-refractivity contribution in [2.75, 3.05) is 18.6 Å². The van der Waals surface area contributed by atoms with Crippen LogP contribution in [0.15, 0.2) is 0 Å². The van der Waals surface area contributed by atoms with E-state index >= 15 is 0 Å².